The Morgan fingerprint density at radius 1 is 1.40 bits per heavy atom. The zero-order valence-electron chi connectivity index (χ0n) is 11.0. The maximum absolute atomic E-state index is 10.9. The monoisotopic (exact) mass is 317 g/mol. The molecule has 5 nitrogen and oxygen atoms in total. The maximum atomic E-state index is 10.9. The summed E-state index contributed by atoms with van der Waals surface area (Å²) < 4.78 is 5.47. The summed E-state index contributed by atoms with van der Waals surface area (Å²) in [4.78, 5) is 21.7. The van der Waals surface area contributed by atoms with Crippen LogP contribution in [0, 0.1) is 0 Å². The molecule has 1 aromatic carbocycles. The Labute approximate surface area is 126 Å². The van der Waals surface area contributed by atoms with Gasteiger partial charge < -0.3 is 15.2 Å². The first-order chi connectivity index (χ1) is 9.49. The normalized spacial score (nSPS) is 11.7. The number of hydrogen-bond donors (Lipinski definition) is 2. The van der Waals surface area contributed by atoms with E-state index in [-0.39, 0.29) is 5.91 Å². The molecule has 0 spiro atoms. The van der Waals surface area contributed by atoms with Crippen molar-refractivity contribution in [3.05, 3.63) is 29.3 Å². The summed E-state index contributed by atoms with van der Waals surface area (Å²) in [6, 6.07) is 6.14. The summed E-state index contributed by atoms with van der Waals surface area (Å²) in [6.45, 7) is 1.75. The van der Waals surface area contributed by atoms with E-state index in [1.807, 2.05) is 0 Å². The Bertz CT molecular complexity index is 452. The molecular weight excluding hydrogens is 302 g/mol. The first kappa shape index (κ1) is 16.7. The standard InChI is InChI=1S/C13H16ClNO4S/c1-9(16)15-12(13(17)18)8-20-7-6-19-11-4-2-10(14)3-5-11/h2-5,12H,6-8H2,1H3,(H,15,16)(H,17,18)/t12-/m0/s1. The number of halogens is 1. The van der Waals surface area contributed by atoms with Gasteiger partial charge in [-0.3, -0.25) is 4.79 Å². The number of rotatable bonds is 8. The van der Waals surface area contributed by atoms with E-state index >= 15 is 0 Å². The molecule has 110 valence electrons. The smallest absolute Gasteiger partial charge is 0.327 e. The molecule has 20 heavy (non-hydrogen) atoms. The predicted molar refractivity (Wildman–Crippen MR) is 79.5 cm³/mol. The highest BCUT2D eigenvalue weighted by atomic mass is 35.5. The molecule has 0 saturated heterocycles. The van der Waals surface area contributed by atoms with E-state index in [4.69, 9.17) is 21.4 Å². The average molecular weight is 318 g/mol. The molecule has 0 fully saturated rings. The fraction of sp³-hybridized carbons (Fsp3) is 0.385. The number of nitrogens with one attached hydrogen (secondary N) is 1. The van der Waals surface area contributed by atoms with Crippen LogP contribution < -0.4 is 10.1 Å². The minimum absolute atomic E-state index is 0.304. The van der Waals surface area contributed by atoms with Crippen molar-refractivity contribution in [1.29, 1.82) is 0 Å². The van der Waals surface area contributed by atoms with Gasteiger partial charge in [-0.1, -0.05) is 11.6 Å². The lowest BCUT2D eigenvalue weighted by Crippen LogP contribution is -2.41. The second-order valence-corrected chi connectivity index (χ2v) is 5.55. The molecule has 0 saturated carbocycles. The Hall–Kier alpha value is -1.40. The van der Waals surface area contributed by atoms with Gasteiger partial charge in [0.05, 0.1) is 6.61 Å². The highest BCUT2D eigenvalue weighted by Gasteiger charge is 2.17. The lowest BCUT2D eigenvalue weighted by molar-refractivity contribution is -0.140. The van der Waals surface area contributed by atoms with Crippen molar-refractivity contribution in [1.82, 2.24) is 5.32 Å². The number of amides is 1. The third-order valence-electron chi connectivity index (χ3n) is 2.27. The van der Waals surface area contributed by atoms with E-state index in [1.54, 1.807) is 24.3 Å². The number of hydrogen-bond acceptors (Lipinski definition) is 4. The summed E-state index contributed by atoms with van der Waals surface area (Å²) in [5.41, 5.74) is 0. The second-order valence-electron chi connectivity index (χ2n) is 3.97. The van der Waals surface area contributed by atoms with Crippen LogP contribution in [0.4, 0.5) is 0 Å². The van der Waals surface area contributed by atoms with Gasteiger partial charge >= 0.3 is 5.97 Å². The molecule has 0 unspecified atom stereocenters. The fourth-order valence-electron chi connectivity index (χ4n) is 1.37. The lowest BCUT2D eigenvalue weighted by Gasteiger charge is -2.12. The quantitative estimate of drug-likeness (QED) is 0.718. The van der Waals surface area contributed by atoms with Gasteiger partial charge in [-0.25, -0.2) is 4.79 Å². The molecule has 1 amide bonds. The van der Waals surface area contributed by atoms with Gasteiger partial charge in [0.2, 0.25) is 5.91 Å². The molecule has 0 aliphatic rings. The van der Waals surface area contributed by atoms with Gasteiger partial charge in [-0.2, -0.15) is 11.8 Å². The predicted octanol–water partition coefficient (Wildman–Crippen LogP) is 2.04. The number of carbonyl (C=O) groups is 2. The Balaban J connectivity index is 2.21. The molecule has 0 aliphatic heterocycles. The van der Waals surface area contributed by atoms with Crippen molar-refractivity contribution in [3.63, 3.8) is 0 Å². The first-order valence-electron chi connectivity index (χ1n) is 5.95. The summed E-state index contributed by atoms with van der Waals surface area (Å²) in [6.07, 6.45) is 0. The maximum Gasteiger partial charge on any atom is 0.327 e. The van der Waals surface area contributed by atoms with Crippen LogP contribution in [0.15, 0.2) is 24.3 Å². The summed E-state index contributed by atoms with van der Waals surface area (Å²) in [5, 5.41) is 11.9. The molecule has 0 aliphatic carbocycles. The van der Waals surface area contributed by atoms with Crippen molar-refractivity contribution in [2.45, 2.75) is 13.0 Å². The molecule has 0 bridgehead atoms. The van der Waals surface area contributed by atoms with Gasteiger partial charge in [0, 0.05) is 23.5 Å². The third kappa shape index (κ3) is 6.68. The summed E-state index contributed by atoms with van der Waals surface area (Å²) in [7, 11) is 0. The molecular formula is C13H16ClNO4S. The van der Waals surface area contributed by atoms with Crippen LogP contribution in [-0.4, -0.2) is 41.1 Å². The average Bonchev–Trinajstić information content (AvgIpc) is 2.38. The summed E-state index contributed by atoms with van der Waals surface area (Å²) in [5.74, 6) is 0.263. The van der Waals surface area contributed by atoms with E-state index in [2.05, 4.69) is 5.32 Å². The zero-order valence-corrected chi connectivity index (χ0v) is 12.5. The first-order valence-corrected chi connectivity index (χ1v) is 7.48. The number of carboxylic acids is 1. The van der Waals surface area contributed by atoms with Crippen molar-refractivity contribution in [3.8, 4) is 5.75 Å². The molecule has 1 aromatic rings. The minimum Gasteiger partial charge on any atom is -0.493 e. The summed E-state index contributed by atoms with van der Waals surface area (Å²) >= 11 is 7.16. The second kappa shape index (κ2) is 8.71. The number of carbonyl (C=O) groups excluding carboxylic acids is 1. The van der Waals surface area contributed by atoms with E-state index < -0.39 is 12.0 Å². The largest absolute Gasteiger partial charge is 0.493 e. The van der Waals surface area contributed by atoms with Crippen LogP contribution in [0.1, 0.15) is 6.92 Å². The fourth-order valence-corrected chi connectivity index (χ4v) is 2.33. The Morgan fingerprint density at radius 2 is 2.05 bits per heavy atom. The lowest BCUT2D eigenvalue weighted by atomic mass is 10.3. The van der Waals surface area contributed by atoms with E-state index in [0.717, 1.165) is 0 Å². The number of thioether (sulfide) groups is 1. The minimum atomic E-state index is -1.04. The van der Waals surface area contributed by atoms with Crippen LogP contribution >= 0.6 is 23.4 Å². The van der Waals surface area contributed by atoms with Crippen LogP contribution in [0.5, 0.6) is 5.75 Å². The van der Waals surface area contributed by atoms with Crippen LogP contribution in [0.25, 0.3) is 0 Å². The van der Waals surface area contributed by atoms with Crippen molar-refractivity contribution in [2.24, 2.45) is 0 Å². The molecule has 0 radical (unpaired) electrons. The molecule has 7 heteroatoms. The SMILES string of the molecule is CC(=O)N[C@@H](CSCCOc1ccc(Cl)cc1)C(=O)O. The van der Waals surface area contributed by atoms with Gasteiger partial charge in [0.1, 0.15) is 11.8 Å². The van der Waals surface area contributed by atoms with Crippen LogP contribution in [0.3, 0.4) is 0 Å². The van der Waals surface area contributed by atoms with E-state index in [0.29, 0.717) is 28.9 Å². The van der Waals surface area contributed by atoms with Crippen LogP contribution in [0.2, 0.25) is 5.02 Å². The topological polar surface area (TPSA) is 75.6 Å². The highest BCUT2D eigenvalue weighted by Crippen LogP contribution is 2.15. The molecule has 1 rings (SSSR count). The number of ether oxygens (including phenoxy) is 1. The van der Waals surface area contributed by atoms with Crippen LogP contribution in [-0.2, 0) is 9.59 Å². The van der Waals surface area contributed by atoms with E-state index in [1.165, 1.54) is 18.7 Å². The van der Waals surface area contributed by atoms with Gasteiger partial charge in [-0.05, 0) is 24.3 Å². The number of aliphatic carboxylic acids is 1. The number of benzene rings is 1. The Morgan fingerprint density at radius 3 is 2.60 bits per heavy atom. The van der Waals surface area contributed by atoms with Gasteiger partial charge in [-0.15, -0.1) is 0 Å². The molecule has 0 aromatic heterocycles. The van der Waals surface area contributed by atoms with Crippen molar-refractivity contribution in [2.75, 3.05) is 18.1 Å². The zero-order chi connectivity index (χ0) is 15.0. The highest BCUT2D eigenvalue weighted by molar-refractivity contribution is 7.99. The molecule has 2 N–H and O–H groups in total. The van der Waals surface area contributed by atoms with Crippen molar-refractivity contribution >= 4 is 35.2 Å². The Kier molecular flexibility index (Phi) is 7.25. The van der Waals surface area contributed by atoms with Gasteiger partial charge in [0.25, 0.3) is 0 Å². The molecule has 1 atom stereocenters. The molecule has 0 heterocycles. The van der Waals surface area contributed by atoms with Crippen molar-refractivity contribution < 1.29 is 19.4 Å². The third-order valence-corrected chi connectivity index (χ3v) is 3.55. The number of carboxylic acid groups (broad SMARTS) is 1. The van der Waals surface area contributed by atoms with Gasteiger partial charge in [0.15, 0.2) is 0 Å². The van der Waals surface area contributed by atoms with E-state index in [9.17, 15) is 9.59 Å².